The lowest BCUT2D eigenvalue weighted by molar-refractivity contribution is -0.187. The Kier molecular flexibility index (Phi) is 5.62. The van der Waals surface area contributed by atoms with E-state index < -0.39 is 37.0 Å². The van der Waals surface area contributed by atoms with Crippen LogP contribution in [-0.4, -0.2) is 12.4 Å². The first-order valence-corrected chi connectivity index (χ1v) is 5.23. The second kappa shape index (κ2) is 5.77. The number of rotatable bonds is 5. The highest BCUT2D eigenvalue weighted by Crippen LogP contribution is 2.37. The molecule has 0 aliphatic rings. The summed E-state index contributed by atoms with van der Waals surface area (Å²) >= 11 is 0. The first-order valence-electron chi connectivity index (χ1n) is 5.23. The quantitative estimate of drug-likeness (QED) is 0.606. The molecule has 2 unspecified atom stereocenters. The molecule has 0 radical (unpaired) electrons. The van der Waals surface area contributed by atoms with Crippen LogP contribution >= 0.6 is 0 Å². The minimum Gasteiger partial charge on any atom is -0.171 e. The largest absolute Gasteiger partial charge is 0.391 e. The highest BCUT2D eigenvalue weighted by molar-refractivity contribution is 4.72. The smallest absolute Gasteiger partial charge is 0.171 e. The van der Waals surface area contributed by atoms with Crippen LogP contribution in [-0.2, 0) is 0 Å². The van der Waals surface area contributed by atoms with Crippen LogP contribution in [0.2, 0.25) is 0 Å². The second-order valence-electron chi connectivity index (χ2n) is 3.98. The van der Waals surface area contributed by atoms with Crippen molar-refractivity contribution in [1.82, 2.24) is 0 Å². The topological polar surface area (TPSA) is 0 Å². The van der Waals surface area contributed by atoms with E-state index in [-0.39, 0.29) is 12.8 Å². The Morgan fingerprint density at radius 3 is 1.62 bits per heavy atom. The fourth-order valence-electron chi connectivity index (χ4n) is 1.66. The molecule has 0 N–H and O–H groups in total. The molecule has 0 saturated carbocycles. The first-order chi connectivity index (χ1) is 7.10. The zero-order valence-electron chi connectivity index (χ0n) is 9.25. The molecule has 0 aromatic carbocycles. The first kappa shape index (κ1) is 15.6. The third kappa shape index (κ3) is 6.23. The van der Waals surface area contributed by atoms with Gasteiger partial charge in [-0.3, -0.25) is 0 Å². The van der Waals surface area contributed by atoms with E-state index in [1.165, 1.54) is 13.8 Å². The zero-order valence-corrected chi connectivity index (χ0v) is 9.25. The molecular formula is C10H16F6. The molecular weight excluding hydrogens is 234 g/mol. The molecule has 0 fully saturated rings. The van der Waals surface area contributed by atoms with Crippen LogP contribution in [0.5, 0.6) is 0 Å². The maximum absolute atomic E-state index is 12.4. The van der Waals surface area contributed by atoms with E-state index in [1.54, 1.807) is 0 Å². The summed E-state index contributed by atoms with van der Waals surface area (Å²) in [6, 6.07) is 0. The maximum atomic E-state index is 12.4. The van der Waals surface area contributed by atoms with Gasteiger partial charge in [0.15, 0.2) is 0 Å². The SMILES string of the molecule is CCC(CC(CC)C(F)(F)F)CC(F)(F)F. The number of alkyl halides is 6. The van der Waals surface area contributed by atoms with Crippen LogP contribution in [0.1, 0.15) is 39.5 Å². The maximum Gasteiger partial charge on any atom is 0.391 e. The van der Waals surface area contributed by atoms with Gasteiger partial charge in [0.25, 0.3) is 0 Å². The molecule has 0 amide bonds. The normalized spacial score (nSPS) is 17.2. The molecule has 0 rings (SSSR count). The molecule has 0 spiro atoms. The van der Waals surface area contributed by atoms with Crippen LogP contribution < -0.4 is 0 Å². The predicted octanol–water partition coefficient (Wildman–Crippen LogP) is 4.94. The van der Waals surface area contributed by atoms with Gasteiger partial charge in [0.05, 0.1) is 5.92 Å². The van der Waals surface area contributed by atoms with Crippen LogP contribution in [0.25, 0.3) is 0 Å². The highest BCUT2D eigenvalue weighted by Gasteiger charge is 2.41. The average Bonchev–Trinajstić information content (AvgIpc) is 2.07. The van der Waals surface area contributed by atoms with Gasteiger partial charge in [-0.15, -0.1) is 0 Å². The van der Waals surface area contributed by atoms with Gasteiger partial charge in [-0.25, -0.2) is 0 Å². The van der Waals surface area contributed by atoms with Crippen LogP contribution in [0.15, 0.2) is 0 Å². The summed E-state index contributed by atoms with van der Waals surface area (Å²) in [4.78, 5) is 0. The number of hydrogen-bond acceptors (Lipinski definition) is 0. The minimum absolute atomic E-state index is 0.117. The van der Waals surface area contributed by atoms with Gasteiger partial charge in [0.1, 0.15) is 0 Å². The van der Waals surface area contributed by atoms with Crippen molar-refractivity contribution in [3.05, 3.63) is 0 Å². The van der Waals surface area contributed by atoms with Crippen molar-refractivity contribution < 1.29 is 26.3 Å². The van der Waals surface area contributed by atoms with Crippen molar-refractivity contribution in [3.8, 4) is 0 Å². The Hall–Kier alpha value is -0.420. The zero-order chi connectivity index (χ0) is 13.0. The molecule has 0 saturated heterocycles. The Bertz CT molecular complexity index is 192. The Morgan fingerprint density at radius 2 is 1.38 bits per heavy atom. The molecule has 2 atom stereocenters. The molecule has 6 heteroatoms. The Balaban J connectivity index is 4.40. The van der Waals surface area contributed by atoms with Crippen molar-refractivity contribution in [2.75, 3.05) is 0 Å². The van der Waals surface area contributed by atoms with E-state index in [0.717, 1.165) is 0 Å². The van der Waals surface area contributed by atoms with Crippen molar-refractivity contribution in [3.63, 3.8) is 0 Å². The standard InChI is InChI=1S/C10H16F6/c1-3-7(6-9(11,12)13)5-8(4-2)10(14,15)16/h7-8H,3-6H2,1-2H3. The molecule has 0 bridgehead atoms. The van der Waals surface area contributed by atoms with E-state index >= 15 is 0 Å². The molecule has 0 aromatic heterocycles. The summed E-state index contributed by atoms with van der Waals surface area (Å²) in [5.74, 6) is -2.56. The van der Waals surface area contributed by atoms with Gasteiger partial charge in [0.2, 0.25) is 0 Å². The lowest BCUT2D eigenvalue weighted by atomic mass is 9.88. The number of hydrogen-bond donors (Lipinski definition) is 0. The van der Waals surface area contributed by atoms with E-state index in [0.29, 0.717) is 0 Å². The van der Waals surface area contributed by atoms with Crippen molar-refractivity contribution in [2.24, 2.45) is 11.8 Å². The van der Waals surface area contributed by atoms with Gasteiger partial charge in [-0.2, -0.15) is 26.3 Å². The van der Waals surface area contributed by atoms with E-state index in [2.05, 4.69) is 0 Å². The van der Waals surface area contributed by atoms with E-state index in [4.69, 9.17) is 0 Å². The van der Waals surface area contributed by atoms with Crippen LogP contribution in [0.4, 0.5) is 26.3 Å². The van der Waals surface area contributed by atoms with Crippen molar-refractivity contribution in [1.29, 1.82) is 0 Å². The van der Waals surface area contributed by atoms with E-state index in [9.17, 15) is 26.3 Å². The third-order valence-corrected chi connectivity index (χ3v) is 2.67. The summed E-state index contributed by atoms with van der Waals surface area (Å²) in [6.45, 7) is 2.83. The van der Waals surface area contributed by atoms with E-state index in [1.807, 2.05) is 0 Å². The van der Waals surface area contributed by atoms with Crippen LogP contribution in [0, 0.1) is 11.8 Å². The van der Waals surface area contributed by atoms with Crippen LogP contribution in [0.3, 0.4) is 0 Å². The third-order valence-electron chi connectivity index (χ3n) is 2.67. The number of halogens is 6. The predicted molar refractivity (Wildman–Crippen MR) is 48.9 cm³/mol. The van der Waals surface area contributed by atoms with Gasteiger partial charge in [-0.1, -0.05) is 20.3 Å². The van der Waals surface area contributed by atoms with Gasteiger partial charge >= 0.3 is 12.4 Å². The fourth-order valence-corrected chi connectivity index (χ4v) is 1.66. The highest BCUT2D eigenvalue weighted by atomic mass is 19.4. The second-order valence-corrected chi connectivity index (χ2v) is 3.98. The summed E-state index contributed by atoms with van der Waals surface area (Å²) < 4.78 is 73.3. The Morgan fingerprint density at radius 1 is 0.875 bits per heavy atom. The Labute approximate surface area is 91.0 Å². The molecule has 0 aliphatic heterocycles. The lowest BCUT2D eigenvalue weighted by Gasteiger charge is -2.24. The van der Waals surface area contributed by atoms with Gasteiger partial charge < -0.3 is 0 Å². The molecule has 98 valence electrons. The summed E-state index contributed by atoms with van der Waals surface area (Å²) in [5, 5.41) is 0. The summed E-state index contributed by atoms with van der Waals surface area (Å²) in [7, 11) is 0. The fraction of sp³-hybridized carbons (Fsp3) is 1.00. The summed E-state index contributed by atoms with van der Waals surface area (Å²) in [5.41, 5.74) is 0. The monoisotopic (exact) mass is 250 g/mol. The van der Waals surface area contributed by atoms with Gasteiger partial charge in [-0.05, 0) is 18.8 Å². The molecule has 0 nitrogen and oxygen atoms in total. The summed E-state index contributed by atoms with van der Waals surface area (Å²) in [6.07, 6.45) is -10.4. The van der Waals surface area contributed by atoms with Crippen molar-refractivity contribution >= 4 is 0 Å². The van der Waals surface area contributed by atoms with Crippen molar-refractivity contribution in [2.45, 2.75) is 51.9 Å². The minimum atomic E-state index is -4.40. The lowest BCUT2D eigenvalue weighted by Crippen LogP contribution is -2.26. The molecule has 16 heavy (non-hydrogen) atoms. The molecule has 0 heterocycles. The molecule has 0 aromatic rings. The average molecular weight is 250 g/mol. The van der Waals surface area contributed by atoms with Gasteiger partial charge in [0, 0.05) is 6.42 Å². The molecule has 0 aliphatic carbocycles.